The predicted octanol–water partition coefficient (Wildman–Crippen LogP) is 4.77. The molecule has 24 heavy (non-hydrogen) atoms. The number of rotatable bonds is 5. The fraction of sp³-hybridized carbons (Fsp3) is 0.0625. The number of carbonyl (C=O) groups is 1. The van der Waals surface area contributed by atoms with Crippen molar-refractivity contribution in [2.24, 2.45) is 0 Å². The van der Waals surface area contributed by atoms with E-state index in [2.05, 4.69) is 15.5 Å². The number of nitrogens with one attached hydrogen (secondary N) is 1. The highest BCUT2D eigenvalue weighted by Gasteiger charge is 2.12. The average Bonchev–Trinajstić information content (AvgIpc) is 3.05. The van der Waals surface area contributed by atoms with Crippen LogP contribution < -0.4 is 5.32 Å². The summed E-state index contributed by atoms with van der Waals surface area (Å²) in [5.74, 6) is 0.207. The normalized spacial score (nSPS) is 10.6. The number of thioether (sulfide) groups is 1. The monoisotopic (exact) mass is 379 g/mol. The van der Waals surface area contributed by atoms with E-state index in [1.807, 2.05) is 30.3 Å². The summed E-state index contributed by atoms with van der Waals surface area (Å²) in [6.45, 7) is 0. The maximum atomic E-state index is 12.0. The molecular formula is C16H11Cl2N3O2S. The van der Waals surface area contributed by atoms with Crippen molar-refractivity contribution in [1.29, 1.82) is 0 Å². The topological polar surface area (TPSA) is 68.0 Å². The van der Waals surface area contributed by atoms with E-state index in [0.717, 1.165) is 10.5 Å². The molecule has 1 aromatic heterocycles. The smallest absolute Gasteiger partial charge is 0.322 e. The number of nitrogens with zero attached hydrogens (tertiary/aromatic N) is 2. The third kappa shape index (κ3) is 4.29. The van der Waals surface area contributed by atoms with Gasteiger partial charge in [0.15, 0.2) is 0 Å². The minimum atomic E-state index is -0.278. The van der Waals surface area contributed by atoms with Crippen LogP contribution in [0, 0.1) is 0 Å². The Morgan fingerprint density at radius 3 is 2.71 bits per heavy atom. The number of aromatic nitrogens is 2. The van der Waals surface area contributed by atoms with Crippen molar-refractivity contribution in [1.82, 2.24) is 10.2 Å². The summed E-state index contributed by atoms with van der Waals surface area (Å²) < 4.78 is 5.42. The first kappa shape index (κ1) is 16.8. The Kier molecular flexibility index (Phi) is 5.40. The molecular weight excluding hydrogens is 369 g/mol. The second-order valence-corrected chi connectivity index (χ2v) is 6.55. The molecule has 0 aliphatic carbocycles. The molecule has 3 rings (SSSR count). The van der Waals surface area contributed by atoms with Crippen LogP contribution in [0.5, 0.6) is 0 Å². The number of anilines is 1. The van der Waals surface area contributed by atoms with Gasteiger partial charge in [0.1, 0.15) is 0 Å². The molecule has 8 heteroatoms. The lowest BCUT2D eigenvalue weighted by atomic mass is 10.2. The Morgan fingerprint density at radius 2 is 1.92 bits per heavy atom. The number of hydrogen-bond donors (Lipinski definition) is 1. The van der Waals surface area contributed by atoms with Crippen LogP contribution in [0.2, 0.25) is 10.0 Å². The fourth-order valence-corrected chi connectivity index (χ4v) is 3.15. The molecule has 5 nitrogen and oxygen atoms in total. The Labute approximate surface area is 152 Å². The lowest BCUT2D eigenvalue weighted by Crippen LogP contribution is -2.14. The van der Waals surface area contributed by atoms with Crippen LogP contribution in [0.4, 0.5) is 6.01 Å². The van der Waals surface area contributed by atoms with Gasteiger partial charge >= 0.3 is 6.01 Å². The van der Waals surface area contributed by atoms with Crippen molar-refractivity contribution < 1.29 is 9.21 Å². The number of hydrogen-bond acceptors (Lipinski definition) is 5. The molecule has 0 aliphatic rings. The van der Waals surface area contributed by atoms with Gasteiger partial charge in [-0.25, -0.2) is 0 Å². The van der Waals surface area contributed by atoms with Crippen LogP contribution in [0.25, 0.3) is 11.5 Å². The maximum absolute atomic E-state index is 12.0. The summed E-state index contributed by atoms with van der Waals surface area (Å²) in [7, 11) is 0. The molecule has 0 unspecified atom stereocenters. The molecule has 1 N–H and O–H groups in total. The summed E-state index contributed by atoms with van der Waals surface area (Å²) >= 11 is 13.2. The molecule has 122 valence electrons. The zero-order valence-corrected chi connectivity index (χ0v) is 14.5. The molecule has 1 heterocycles. The van der Waals surface area contributed by atoms with Crippen LogP contribution in [0.1, 0.15) is 0 Å². The van der Waals surface area contributed by atoms with E-state index in [1.165, 1.54) is 11.8 Å². The molecule has 1 amide bonds. The van der Waals surface area contributed by atoms with Gasteiger partial charge in [-0.2, -0.15) is 0 Å². The number of halogens is 2. The SMILES string of the molecule is O=C(CSc1cc(Cl)ccc1Cl)Nc1nnc(-c2ccccc2)o1. The lowest BCUT2D eigenvalue weighted by Gasteiger charge is -2.04. The van der Waals surface area contributed by atoms with Crippen LogP contribution >= 0.6 is 35.0 Å². The molecule has 2 aromatic carbocycles. The number of benzene rings is 2. The van der Waals surface area contributed by atoms with Crippen LogP contribution in [0.3, 0.4) is 0 Å². The van der Waals surface area contributed by atoms with Crippen molar-refractivity contribution in [3.63, 3.8) is 0 Å². The molecule has 0 saturated heterocycles. The van der Waals surface area contributed by atoms with Gasteiger partial charge in [0, 0.05) is 15.5 Å². The first-order valence-electron chi connectivity index (χ1n) is 6.88. The highest BCUT2D eigenvalue weighted by Crippen LogP contribution is 2.30. The first-order valence-corrected chi connectivity index (χ1v) is 8.62. The minimum Gasteiger partial charge on any atom is -0.403 e. The molecule has 0 saturated carbocycles. The molecule has 0 aliphatic heterocycles. The van der Waals surface area contributed by atoms with Crippen molar-refractivity contribution in [2.75, 3.05) is 11.1 Å². The Balaban J connectivity index is 1.59. The predicted molar refractivity (Wildman–Crippen MR) is 95.5 cm³/mol. The van der Waals surface area contributed by atoms with E-state index in [1.54, 1.807) is 18.2 Å². The summed E-state index contributed by atoms with van der Waals surface area (Å²) in [5, 5.41) is 11.4. The van der Waals surface area contributed by atoms with Crippen LogP contribution in [-0.4, -0.2) is 21.9 Å². The molecule has 0 fully saturated rings. The third-order valence-electron chi connectivity index (χ3n) is 2.94. The highest BCUT2D eigenvalue weighted by atomic mass is 35.5. The van der Waals surface area contributed by atoms with Crippen LogP contribution in [-0.2, 0) is 4.79 Å². The van der Waals surface area contributed by atoms with Gasteiger partial charge in [-0.05, 0) is 30.3 Å². The second kappa shape index (κ2) is 7.70. The number of carbonyl (C=O) groups excluding carboxylic acids is 1. The van der Waals surface area contributed by atoms with Gasteiger partial charge in [0.25, 0.3) is 0 Å². The average molecular weight is 380 g/mol. The Hall–Kier alpha value is -2.02. The van der Waals surface area contributed by atoms with E-state index >= 15 is 0 Å². The summed E-state index contributed by atoms with van der Waals surface area (Å²) in [5.41, 5.74) is 0.783. The van der Waals surface area contributed by atoms with Gasteiger partial charge in [0.05, 0.1) is 10.8 Å². The van der Waals surface area contributed by atoms with E-state index in [0.29, 0.717) is 15.9 Å². The molecule has 0 bridgehead atoms. The van der Waals surface area contributed by atoms with E-state index in [9.17, 15) is 4.79 Å². The minimum absolute atomic E-state index is 0.0524. The van der Waals surface area contributed by atoms with Crippen molar-refractivity contribution in [3.05, 3.63) is 58.6 Å². The summed E-state index contributed by atoms with van der Waals surface area (Å²) in [4.78, 5) is 12.7. The van der Waals surface area contributed by atoms with E-state index < -0.39 is 0 Å². The Bertz CT molecular complexity index is 856. The molecule has 3 aromatic rings. The zero-order chi connectivity index (χ0) is 16.9. The standard InChI is InChI=1S/C16H11Cl2N3O2S/c17-11-6-7-12(18)13(8-11)24-9-14(22)19-16-21-20-15(23-16)10-4-2-1-3-5-10/h1-8H,9H2,(H,19,21,22). The summed E-state index contributed by atoms with van der Waals surface area (Å²) in [6.07, 6.45) is 0. The number of amides is 1. The largest absolute Gasteiger partial charge is 0.403 e. The summed E-state index contributed by atoms with van der Waals surface area (Å²) in [6, 6.07) is 14.4. The van der Waals surface area contributed by atoms with Gasteiger partial charge in [0.2, 0.25) is 11.8 Å². The fourth-order valence-electron chi connectivity index (χ4n) is 1.86. The van der Waals surface area contributed by atoms with Crippen molar-refractivity contribution >= 4 is 46.9 Å². The molecule has 0 spiro atoms. The first-order chi connectivity index (χ1) is 11.6. The van der Waals surface area contributed by atoms with Crippen molar-refractivity contribution in [2.45, 2.75) is 4.90 Å². The quantitative estimate of drug-likeness (QED) is 0.646. The highest BCUT2D eigenvalue weighted by molar-refractivity contribution is 8.00. The van der Waals surface area contributed by atoms with Crippen molar-refractivity contribution in [3.8, 4) is 11.5 Å². The molecule has 0 radical (unpaired) electrons. The Morgan fingerprint density at radius 1 is 1.12 bits per heavy atom. The van der Waals surface area contributed by atoms with Gasteiger partial charge < -0.3 is 4.42 Å². The second-order valence-electron chi connectivity index (χ2n) is 4.69. The maximum Gasteiger partial charge on any atom is 0.322 e. The zero-order valence-electron chi connectivity index (χ0n) is 12.2. The molecule has 0 atom stereocenters. The third-order valence-corrected chi connectivity index (χ3v) is 4.68. The van der Waals surface area contributed by atoms with Gasteiger partial charge in [-0.1, -0.05) is 46.5 Å². The van der Waals surface area contributed by atoms with Gasteiger partial charge in [-0.15, -0.1) is 16.9 Å². The lowest BCUT2D eigenvalue weighted by molar-refractivity contribution is -0.113. The van der Waals surface area contributed by atoms with E-state index in [-0.39, 0.29) is 17.7 Å². The van der Waals surface area contributed by atoms with Gasteiger partial charge in [-0.3, -0.25) is 10.1 Å². The van der Waals surface area contributed by atoms with E-state index in [4.69, 9.17) is 27.6 Å². The van der Waals surface area contributed by atoms with Crippen LogP contribution in [0.15, 0.2) is 57.8 Å².